The van der Waals surface area contributed by atoms with Gasteiger partial charge in [-0.25, -0.2) is 4.98 Å². The Morgan fingerprint density at radius 3 is 2.29 bits per heavy atom. The van der Waals surface area contributed by atoms with Crippen molar-refractivity contribution in [2.45, 2.75) is 83.6 Å². The van der Waals surface area contributed by atoms with Crippen LogP contribution in [0.25, 0.3) is 11.0 Å². The summed E-state index contributed by atoms with van der Waals surface area (Å²) in [6.07, 6.45) is 4.56. The standard InChI is InChI=1S/C32H48N6/c1-7-12-29(37-22-24(3)33-25(4)23-37)31-34-28-16-15-27(21-30(28)38(31)8-2)36-19-17-32(18-20-36,35(5)6)26-13-10-9-11-14-26/h9-11,13-16,21,24-25,29,33H,7-8,12,17-20,22-23H2,1-6H3. The average Bonchev–Trinajstić information content (AvgIpc) is 3.29. The van der Waals surface area contributed by atoms with Crippen molar-refractivity contribution in [3.05, 3.63) is 59.9 Å². The van der Waals surface area contributed by atoms with Gasteiger partial charge in [0.1, 0.15) is 5.82 Å². The molecule has 6 nitrogen and oxygen atoms in total. The molecule has 2 fully saturated rings. The number of nitrogens with zero attached hydrogens (tertiary/aromatic N) is 5. The van der Waals surface area contributed by atoms with E-state index < -0.39 is 0 Å². The van der Waals surface area contributed by atoms with Crippen molar-refractivity contribution < 1.29 is 0 Å². The van der Waals surface area contributed by atoms with Gasteiger partial charge < -0.3 is 14.8 Å². The molecule has 2 aliphatic rings. The molecule has 3 aromatic rings. The summed E-state index contributed by atoms with van der Waals surface area (Å²) in [6, 6.07) is 19.4. The largest absolute Gasteiger partial charge is 0.371 e. The minimum atomic E-state index is 0.102. The lowest BCUT2D eigenvalue weighted by Crippen LogP contribution is -2.55. The van der Waals surface area contributed by atoms with Crippen LogP contribution in [-0.4, -0.2) is 71.7 Å². The molecule has 5 rings (SSSR count). The van der Waals surface area contributed by atoms with Gasteiger partial charge in [0, 0.05) is 56.0 Å². The molecular weight excluding hydrogens is 468 g/mol. The van der Waals surface area contributed by atoms with Gasteiger partial charge in [-0.15, -0.1) is 0 Å². The van der Waals surface area contributed by atoms with Crippen molar-refractivity contribution in [3.63, 3.8) is 0 Å². The maximum atomic E-state index is 5.28. The first-order chi connectivity index (χ1) is 18.4. The molecule has 1 aromatic heterocycles. The second kappa shape index (κ2) is 11.4. The van der Waals surface area contributed by atoms with Gasteiger partial charge in [0.2, 0.25) is 0 Å². The summed E-state index contributed by atoms with van der Waals surface area (Å²) in [5.74, 6) is 1.25. The number of aryl methyl sites for hydroxylation is 1. The predicted octanol–water partition coefficient (Wildman–Crippen LogP) is 5.64. The van der Waals surface area contributed by atoms with E-state index in [1.165, 1.54) is 29.0 Å². The number of anilines is 1. The van der Waals surface area contributed by atoms with E-state index in [-0.39, 0.29) is 5.54 Å². The molecule has 38 heavy (non-hydrogen) atoms. The third kappa shape index (κ3) is 5.11. The summed E-state index contributed by atoms with van der Waals surface area (Å²) in [4.78, 5) is 13.0. The van der Waals surface area contributed by atoms with Crippen LogP contribution in [0.1, 0.15) is 70.8 Å². The van der Waals surface area contributed by atoms with Crippen molar-refractivity contribution in [2.24, 2.45) is 0 Å². The van der Waals surface area contributed by atoms with E-state index in [0.717, 1.165) is 57.5 Å². The smallest absolute Gasteiger partial charge is 0.127 e. The topological polar surface area (TPSA) is 39.6 Å². The number of nitrogens with one attached hydrogen (secondary N) is 1. The minimum Gasteiger partial charge on any atom is -0.371 e. The predicted molar refractivity (Wildman–Crippen MR) is 160 cm³/mol. The summed E-state index contributed by atoms with van der Waals surface area (Å²) >= 11 is 0. The number of hydrogen-bond donors (Lipinski definition) is 1. The zero-order valence-electron chi connectivity index (χ0n) is 24.5. The van der Waals surface area contributed by atoms with Crippen LogP contribution in [0.5, 0.6) is 0 Å². The summed E-state index contributed by atoms with van der Waals surface area (Å²) in [6.45, 7) is 14.4. The van der Waals surface area contributed by atoms with Crippen LogP contribution in [0.4, 0.5) is 5.69 Å². The quantitative estimate of drug-likeness (QED) is 0.420. The number of benzene rings is 2. The van der Waals surface area contributed by atoms with Crippen LogP contribution in [0, 0.1) is 0 Å². The van der Waals surface area contributed by atoms with Crippen LogP contribution >= 0.6 is 0 Å². The molecule has 206 valence electrons. The zero-order chi connectivity index (χ0) is 26.9. The van der Waals surface area contributed by atoms with Gasteiger partial charge >= 0.3 is 0 Å². The molecule has 0 aliphatic carbocycles. The molecule has 1 N–H and O–H groups in total. The fourth-order valence-corrected chi connectivity index (χ4v) is 7.16. The Morgan fingerprint density at radius 1 is 1.00 bits per heavy atom. The lowest BCUT2D eigenvalue weighted by molar-refractivity contribution is 0.110. The normalized spacial score (nSPS) is 23.3. The maximum absolute atomic E-state index is 5.28. The Kier molecular flexibility index (Phi) is 8.13. The van der Waals surface area contributed by atoms with Crippen LogP contribution in [-0.2, 0) is 12.1 Å². The van der Waals surface area contributed by atoms with E-state index in [4.69, 9.17) is 4.98 Å². The van der Waals surface area contributed by atoms with Crippen LogP contribution in [0.15, 0.2) is 48.5 Å². The number of piperidine rings is 1. The lowest BCUT2D eigenvalue weighted by Gasteiger charge is -2.47. The Hall–Kier alpha value is -2.41. The molecule has 0 saturated carbocycles. The van der Waals surface area contributed by atoms with E-state index >= 15 is 0 Å². The van der Waals surface area contributed by atoms with Crippen LogP contribution < -0.4 is 10.2 Å². The van der Waals surface area contributed by atoms with Gasteiger partial charge in [0.05, 0.1) is 17.1 Å². The van der Waals surface area contributed by atoms with E-state index in [1.807, 2.05) is 0 Å². The molecule has 0 radical (unpaired) electrons. The number of imidazole rings is 1. The minimum absolute atomic E-state index is 0.102. The van der Waals surface area contributed by atoms with Crippen LogP contribution in [0.2, 0.25) is 0 Å². The number of hydrogen-bond acceptors (Lipinski definition) is 5. The summed E-state index contributed by atoms with van der Waals surface area (Å²) < 4.78 is 2.49. The first kappa shape index (κ1) is 27.2. The van der Waals surface area contributed by atoms with Crippen molar-refractivity contribution in [3.8, 4) is 0 Å². The molecule has 0 bridgehead atoms. The average molecular weight is 517 g/mol. The molecule has 6 heteroatoms. The Bertz CT molecular complexity index is 1180. The molecule has 0 spiro atoms. The van der Waals surface area contributed by atoms with Crippen molar-refractivity contribution in [1.29, 1.82) is 0 Å². The highest BCUT2D eigenvalue weighted by atomic mass is 15.3. The molecule has 3 unspecified atom stereocenters. The number of fused-ring (bicyclic) bond motifs is 1. The molecular formula is C32H48N6. The number of rotatable bonds is 8. The number of aromatic nitrogens is 2. The van der Waals surface area contributed by atoms with Gasteiger partial charge in [-0.3, -0.25) is 9.80 Å². The van der Waals surface area contributed by atoms with E-state index in [9.17, 15) is 0 Å². The Morgan fingerprint density at radius 2 is 1.68 bits per heavy atom. The van der Waals surface area contributed by atoms with E-state index in [0.29, 0.717) is 18.1 Å². The highest BCUT2D eigenvalue weighted by molar-refractivity contribution is 5.80. The van der Waals surface area contributed by atoms with Crippen LogP contribution in [0.3, 0.4) is 0 Å². The molecule has 3 heterocycles. The van der Waals surface area contributed by atoms with Crippen molar-refractivity contribution in [1.82, 2.24) is 24.7 Å². The first-order valence-corrected chi connectivity index (χ1v) is 14.8. The van der Waals surface area contributed by atoms with Gasteiger partial charge in [-0.2, -0.15) is 0 Å². The van der Waals surface area contributed by atoms with Crippen molar-refractivity contribution >= 4 is 16.7 Å². The highest BCUT2D eigenvalue weighted by Gasteiger charge is 2.38. The third-order valence-corrected chi connectivity index (χ3v) is 9.09. The fraction of sp³-hybridized carbons (Fsp3) is 0.594. The second-order valence-electron chi connectivity index (χ2n) is 11.9. The first-order valence-electron chi connectivity index (χ1n) is 14.8. The molecule has 2 aromatic carbocycles. The van der Waals surface area contributed by atoms with Crippen molar-refractivity contribution in [2.75, 3.05) is 45.2 Å². The fourth-order valence-electron chi connectivity index (χ4n) is 7.16. The van der Waals surface area contributed by atoms with Gasteiger partial charge in [0.15, 0.2) is 0 Å². The maximum Gasteiger partial charge on any atom is 0.127 e. The van der Waals surface area contributed by atoms with Gasteiger partial charge in [-0.05, 0) is 77.9 Å². The molecule has 0 amide bonds. The SMILES string of the molecule is CCCC(c1nc2ccc(N3CCC(c4ccccc4)(N(C)C)CC3)cc2n1CC)N1CC(C)NC(C)C1. The Balaban J connectivity index is 1.42. The second-order valence-corrected chi connectivity index (χ2v) is 11.9. The van der Waals surface area contributed by atoms with E-state index in [2.05, 4.69) is 115 Å². The Labute approximate surface area is 230 Å². The summed E-state index contributed by atoms with van der Waals surface area (Å²) in [5, 5.41) is 3.70. The highest BCUT2D eigenvalue weighted by Crippen LogP contribution is 2.39. The summed E-state index contributed by atoms with van der Waals surface area (Å²) in [7, 11) is 4.48. The van der Waals surface area contributed by atoms with Gasteiger partial charge in [-0.1, -0.05) is 43.7 Å². The number of piperazine rings is 1. The summed E-state index contributed by atoms with van der Waals surface area (Å²) in [5.41, 5.74) is 5.28. The van der Waals surface area contributed by atoms with Gasteiger partial charge in [0.25, 0.3) is 0 Å². The third-order valence-electron chi connectivity index (χ3n) is 9.09. The zero-order valence-corrected chi connectivity index (χ0v) is 24.5. The molecule has 3 atom stereocenters. The molecule has 2 saturated heterocycles. The van der Waals surface area contributed by atoms with E-state index in [1.54, 1.807) is 0 Å². The molecule has 2 aliphatic heterocycles. The lowest BCUT2D eigenvalue weighted by atomic mass is 9.79. The monoisotopic (exact) mass is 516 g/mol.